The molecule has 0 aromatic heterocycles. The van der Waals surface area contributed by atoms with Gasteiger partial charge in [-0.3, -0.25) is 19.2 Å². The van der Waals surface area contributed by atoms with Crippen molar-refractivity contribution in [1.29, 1.82) is 0 Å². The first-order valence-electron chi connectivity index (χ1n) is 9.42. The summed E-state index contributed by atoms with van der Waals surface area (Å²) in [4.78, 5) is 57.4. The number of aliphatic carboxylic acids is 1. The Kier molecular flexibility index (Phi) is 8.05. The number of hydrogen-bond donors (Lipinski definition) is 1. The second-order valence-corrected chi connectivity index (χ2v) is 6.64. The van der Waals surface area contributed by atoms with Gasteiger partial charge in [0.15, 0.2) is 11.5 Å². The molecule has 172 valence electrons. The molecule has 0 aliphatic carbocycles. The molecular weight excluding hydrogens is 436 g/mol. The van der Waals surface area contributed by atoms with Crippen molar-refractivity contribution in [3.8, 4) is 23.0 Å². The van der Waals surface area contributed by atoms with Crippen LogP contribution in [-0.2, 0) is 24.0 Å². The molecule has 0 saturated heterocycles. The summed E-state index contributed by atoms with van der Waals surface area (Å²) in [7, 11) is 0. The van der Waals surface area contributed by atoms with Crippen molar-refractivity contribution < 1.29 is 48.0 Å². The Hall–Kier alpha value is -4.47. The fraction of sp³-hybridized carbons (Fsp3) is 0.174. The normalized spacial score (nSPS) is 10.7. The van der Waals surface area contributed by atoms with Crippen LogP contribution in [0, 0.1) is 0 Å². The van der Waals surface area contributed by atoms with Gasteiger partial charge in [-0.15, -0.1) is 0 Å². The summed E-state index contributed by atoms with van der Waals surface area (Å²) in [5.41, 5.74) is 0.105. The van der Waals surface area contributed by atoms with Gasteiger partial charge in [0.1, 0.15) is 11.5 Å². The molecule has 2 aromatic carbocycles. The number of rotatable bonds is 7. The molecule has 0 heterocycles. The Morgan fingerprint density at radius 3 is 1.61 bits per heavy atom. The van der Waals surface area contributed by atoms with Crippen LogP contribution in [0.3, 0.4) is 0 Å². The van der Waals surface area contributed by atoms with E-state index in [1.54, 1.807) is 0 Å². The highest BCUT2D eigenvalue weighted by Gasteiger charge is 2.17. The molecule has 2 rings (SSSR count). The molecule has 33 heavy (non-hydrogen) atoms. The van der Waals surface area contributed by atoms with Crippen molar-refractivity contribution in [1.82, 2.24) is 0 Å². The maximum Gasteiger partial charge on any atom is 0.336 e. The van der Waals surface area contributed by atoms with Crippen LogP contribution in [0.5, 0.6) is 23.0 Å². The minimum atomic E-state index is -1.34. The van der Waals surface area contributed by atoms with Gasteiger partial charge < -0.3 is 24.1 Å². The van der Waals surface area contributed by atoms with Crippen molar-refractivity contribution in [3.05, 3.63) is 47.5 Å². The SMILES string of the molecule is CC(=O)Oc1cc(/C=C(\C(=O)O)c2ccc(OC(C)=O)c(OC(C)=O)c2)cc(OC(C)=O)c1. The molecule has 0 amide bonds. The molecule has 0 radical (unpaired) electrons. The van der Waals surface area contributed by atoms with E-state index in [0.29, 0.717) is 0 Å². The average molecular weight is 456 g/mol. The van der Waals surface area contributed by atoms with Crippen molar-refractivity contribution in [2.75, 3.05) is 0 Å². The fourth-order valence-corrected chi connectivity index (χ4v) is 2.71. The van der Waals surface area contributed by atoms with Gasteiger partial charge in [-0.1, -0.05) is 6.07 Å². The number of carbonyl (C=O) groups is 5. The van der Waals surface area contributed by atoms with Crippen molar-refractivity contribution >= 4 is 41.5 Å². The molecule has 2 aromatic rings. The van der Waals surface area contributed by atoms with Gasteiger partial charge in [0.25, 0.3) is 0 Å². The van der Waals surface area contributed by atoms with E-state index in [9.17, 15) is 29.1 Å². The number of carbonyl (C=O) groups excluding carboxylic acids is 4. The van der Waals surface area contributed by atoms with E-state index in [2.05, 4.69) is 0 Å². The largest absolute Gasteiger partial charge is 0.478 e. The number of ether oxygens (including phenoxy) is 4. The molecule has 10 nitrogen and oxygen atoms in total. The summed E-state index contributed by atoms with van der Waals surface area (Å²) in [5, 5.41) is 9.77. The lowest BCUT2D eigenvalue weighted by molar-refractivity contribution is -0.134. The zero-order valence-corrected chi connectivity index (χ0v) is 18.2. The zero-order valence-electron chi connectivity index (χ0n) is 18.2. The highest BCUT2D eigenvalue weighted by atomic mass is 16.6. The van der Waals surface area contributed by atoms with Gasteiger partial charge in [0.05, 0.1) is 5.57 Å². The Labute approximate surface area is 188 Å². The minimum absolute atomic E-state index is 0.0306. The van der Waals surface area contributed by atoms with E-state index in [1.165, 1.54) is 56.3 Å². The number of esters is 4. The van der Waals surface area contributed by atoms with Crippen LogP contribution in [0.25, 0.3) is 11.6 Å². The van der Waals surface area contributed by atoms with E-state index in [0.717, 1.165) is 13.8 Å². The lowest BCUT2D eigenvalue weighted by atomic mass is 10.0. The lowest BCUT2D eigenvalue weighted by Crippen LogP contribution is -2.08. The summed E-state index contributed by atoms with van der Waals surface area (Å²) in [5.74, 6) is -4.13. The third-order valence-electron chi connectivity index (χ3n) is 3.73. The summed E-state index contributed by atoms with van der Waals surface area (Å²) >= 11 is 0. The monoisotopic (exact) mass is 456 g/mol. The van der Waals surface area contributed by atoms with Crippen LogP contribution in [0.2, 0.25) is 0 Å². The minimum Gasteiger partial charge on any atom is -0.478 e. The first kappa shape index (κ1) is 24.8. The number of carboxylic acid groups (broad SMARTS) is 1. The third kappa shape index (κ3) is 7.62. The molecule has 0 aliphatic heterocycles. The van der Waals surface area contributed by atoms with Gasteiger partial charge in [-0.25, -0.2) is 4.79 Å². The molecule has 0 saturated carbocycles. The standard InChI is InChI=1S/C23H20O10/c1-12(24)30-18-7-16(8-19(11-18)31-13(2)25)9-20(23(28)29)17-5-6-21(32-14(3)26)22(10-17)33-15(4)27/h5-11H,1-4H3,(H,28,29)/b20-9-. The molecule has 0 spiro atoms. The van der Waals surface area contributed by atoms with Gasteiger partial charge in [-0.05, 0) is 41.5 Å². The van der Waals surface area contributed by atoms with Crippen molar-refractivity contribution in [3.63, 3.8) is 0 Å². The molecule has 0 bridgehead atoms. The third-order valence-corrected chi connectivity index (χ3v) is 3.73. The van der Waals surface area contributed by atoms with Crippen molar-refractivity contribution in [2.24, 2.45) is 0 Å². The van der Waals surface area contributed by atoms with Crippen LogP contribution in [0.4, 0.5) is 0 Å². The molecule has 0 aliphatic rings. The predicted molar refractivity (Wildman–Crippen MR) is 114 cm³/mol. The van der Waals surface area contributed by atoms with E-state index in [4.69, 9.17) is 18.9 Å². The highest BCUT2D eigenvalue weighted by molar-refractivity contribution is 6.20. The quantitative estimate of drug-likeness (QED) is 0.286. The maximum absolute atomic E-state index is 12.0. The van der Waals surface area contributed by atoms with Gasteiger partial charge >= 0.3 is 29.8 Å². The van der Waals surface area contributed by atoms with Crippen LogP contribution < -0.4 is 18.9 Å². The first-order valence-corrected chi connectivity index (χ1v) is 9.42. The Morgan fingerprint density at radius 2 is 1.15 bits per heavy atom. The lowest BCUT2D eigenvalue weighted by Gasteiger charge is -2.12. The van der Waals surface area contributed by atoms with Crippen LogP contribution in [0.1, 0.15) is 38.8 Å². The Bertz CT molecular complexity index is 1130. The smallest absolute Gasteiger partial charge is 0.336 e. The second kappa shape index (κ2) is 10.7. The molecular formula is C23H20O10. The van der Waals surface area contributed by atoms with Gasteiger partial charge in [0.2, 0.25) is 0 Å². The average Bonchev–Trinajstić information content (AvgIpc) is 2.65. The first-order chi connectivity index (χ1) is 15.4. The van der Waals surface area contributed by atoms with Crippen LogP contribution >= 0.6 is 0 Å². The predicted octanol–water partition coefficient (Wildman–Crippen LogP) is 3.01. The summed E-state index contributed by atoms with van der Waals surface area (Å²) < 4.78 is 20.1. The van der Waals surface area contributed by atoms with Gasteiger partial charge in [0, 0.05) is 33.8 Å². The summed E-state index contributed by atoms with van der Waals surface area (Å²) in [6, 6.07) is 7.91. The Morgan fingerprint density at radius 1 is 0.667 bits per heavy atom. The summed E-state index contributed by atoms with van der Waals surface area (Å²) in [6.07, 6.45) is 1.24. The topological polar surface area (TPSA) is 143 Å². The molecule has 0 fully saturated rings. The second-order valence-electron chi connectivity index (χ2n) is 6.64. The zero-order chi connectivity index (χ0) is 24.7. The van der Waals surface area contributed by atoms with Crippen molar-refractivity contribution in [2.45, 2.75) is 27.7 Å². The van der Waals surface area contributed by atoms with E-state index in [1.807, 2.05) is 0 Å². The molecule has 0 atom stereocenters. The number of carboxylic acids is 1. The molecule has 10 heteroatoms. The number of hydrogen-bond acceptors (Lipinski definition) is 9. The van der Waals surface area contributed by atoms with Gasteiger partial charge in [-0.2, -0.15) is 0 Å². The Balaban J connectivity index is 2.61. The maximum atomic E-state index is 12.0. The highest BCUT2D eigenvalue weighted by Crippen LogP contribution is 2.33. The summed E-state index contributed by atoms with van der Waals surface area (Å²) in [6.45, 7) is 4.65. The van der Waals surface area contributed by atoms with Crippen LogP contribution in [0.15, 0.2) is 36.4 Å². The van der Waals surface area contributed by atoms with E-state index in [-0.39, 0.29) is 39.7 Å². The van der Waals surface area contributed by atoms with Crippen LogP contribution in [-0.4, -0.2) is 35.0 Å². The van der Waals surface area contributed by atoms with E-state index < -0.39 is 29.8 Å². The molecule has 1 N–H and O–H groups in total. The molecule has 0 unspecified atom stereocenters. The number of benzene rings is 2. The van der Waals surface area contributed by atoms with E-state index >= 15 is 0 Å². The fourth-order valence-electron chi connectivity index (χ4n) is 2.71.